The molecule has 166 valence electrons. The van der Waals surface area contributed by atoms with E-state index in [1.54, 1.807) is 60.7 Å². The summed E-state index contributed by atoms with van der Waals surface area (Å²) in [5, 5.41) is 3.68. The van der Waals surface area contributed by atoms with E-state index >= 15 is 0 Å². The van der Waals surface area contributed by atoms with Crippen LogP contribution >= 0.6 is 23.4 Å². The lowest BCUT2D eigenvalue weighted by atomic mass is 10.1. The Kier molecular flexibility index (Phi) is 7.12. The predicted molar refractivity (Wildman–Crippen MR) is 131 cm³/mol. The van der Waals surface area contributed by atoms with Crippen molar-refractivity contribution in [2.75, 3.05) is 6.61 Å². The molecule has 1 amide bonds. The number of rotatable bonds is 6. The predicted octanol–water partition coefficient (Wildman–Crippen LogP) is 5.85. The molecule has 1 aliphatic rings. The molecule has 8 heteroatoms. The molecule has 3 aromatic rings. The number of hydrogen-bond acceptors (Lipinski definition) is 6. The fourth-order valence-corrected chi connectivity index (χ4v) is 4.00. The first-order valence-electron chi connectivity index (χ1n) is 10.1. The van der Waals surface area contributed by atoms with Gasteiger partial charge in [0, 0.05) is 0 Å². The first-order valence-corrected chi connectivity index (χ1v) is 11.3. The minimum atomic E-state index is -0.478. The molecule has 1 aliphatic heterocycles. The van der Waals surface area contributed by atoms with Gasteiger partial charge >= 0.3 is 5.97 Å². The molecular formula is C25H19ClN2O4S. The third kappa shape index (κ3) is 5.63. The highest BCUT2D eigenvalue weighted by atomic mass is 35.5. The third-order valence-corrected chi connectivity index (χ3v) is 5.73. The van der Waals surface area contributed by atoms with Crippen molar-refractivity contribution in [1.29, 1.82) is 0 Å². The number of aliphatic imine (C=N–C) groups is 1. The summed E-state index contributed by atoms with van der Waals surface area (Å²) in [6, 6.07) is 21.0. The molecule has 0 aliphatic carbocycles. The summed E-state index contributed by atoms with van der Waals surface area (Å²) in [5.74, 6) is -0.0287. The zero-order valence-electron chi connectivity index (χ0n) is 17.6. The lowest BCUT2D eigenvalue weighted by molar-refractivity contribution is -0.115. The van der Waals surface area contributed by atoms with Gasteiger partial charge in [-0.15, -0.1) is 0 Å². The van der Waals surface area contributed by atoms with Gasteiger partial charge in [-0.05, 0) is 66.7 Å². The van der Waals surface area contributed by atoms with Crippen LogP contribution < -0.4 is 14.8 Å². The summed E-state index contributed by atoms with van der Waals surface area (Å²) < 4.78 is 11.2. The average molecular weight is 479 g/mol. The van der Waals surface area contributed by atoms with Crippen molar-refractivity contribution in [3.05, 3.63) is 93.9 Å². The summed E-state index contributed by atoms with van der Waals surface area (Å²) in [4.78, 5) is 29.7. The lowest BCUT2D eigenvalue weighted by Gasteiger charge is -2.11. The van der Waals surface area contributed by atoms with Gasteiger partial charge in [0.15, 0.2) is 16.7 Å². The van der Waals surface area contributed by atoms with Crippen molar-refractivity contribution < 1.29 is 19.1 Å². The fourth-order valence-electron chi connectivity index (χ4n) is 2.98. The molecule has 1 fully saturated rings. The molecule has 6 nitrogen and oxygen atoms in total. The van der Waals surface area contributed by atoms with E-state index in [1.165, 1.54) is 11.8 Å². The Hall–Kier alpha value is -3.55. The first kappa shape index (κ1) is 22.6. The molecule has 0 saturated carbocycles. The molecule has 1 saturated heterocycles. The highest BCUT2D eigenvalue weighted by Gasteiger charge is 2.24. The Morgan fingerprint density at radius 1 is 1.06 bits per heavy atom. The third-order valence-electron chi connectivity index (χ3n) is 4.50. The van der Waals surface area contributed by atoms with E-state index in [9.17, 15) is 9.59 Å². The molecule has 0 bridgehead atoms. The number of carbonyl (C=O) groups is 2. The second-order valence-electron chi connectivity index (χ2n) is 6.83. The number of nitrogens with zero attached hydrogens (tertiary/aromatic N) is 1. The molecule has 0 atom stereocenters. The zero-order valence-corrected chi connectivity index (χ0v) is 19.2. The van der Waals surface area contributed by atoms with E-state index in [4.69, 9.17) is 21.1 Å². The van der Waals surface area contributed by atoms with Crippen LogP contribution in [0.5, 0.6) is 11.5 Å². The van der Waals surface area contributed by atoms with Crippen LogP contribution in [-0.2, 0) is 4.79 Å². The topological polar surface area (TPSA) is 77.0 Å². The van der Waals surface area contributed by atoms with Gasteiger partial charge in [0.2, 0.25) is 0 Å². The van der Waals surface area contributed by atoms with Gasteiger partial charge in [0.25, 0.3) is 5.91 Å². The summed E-state index contributed by atoms with van der Waals surface area (Å²) in [5.41, 5.74) is 1.73. The number of thioether (sulfide) groups is 1. The van der Waals surface area contributed by atoms with E-state index in [0.717, 1.165) is 5.56 Å². The number of benzene rings is 3. The van der Waals surface area contributed by atoms with Crippen molar-refractivity contribution in [3.63, 3.8) is 0 Å². The Morgan fingerprint density at radius 3 is 2.58 bits per heavy atom. The molecule has 0 radical (unpaired) electrons. The monoisotopic (exact) mass is 478 g/mol. The maximum absolute atomic E-state index is 12.4. The number of amidine groups is 1. The Balaban J connectivity index is 1.55. The number of nitrogens with one attached hydrogen (secondary N) is 1. The van der Waals surface area contributed by atoms with Crippen LogP contribution in [0.25, 0.3) is 6.08 Å². The van der Waals surface area contributed by atoms with Gasteiger partial charge in [0.05, 0.1) is 27.8 Å². The maximum atomic E-state index is 12.4. The number of para-hydroxylation sites is 1. The maximum Gasteiger partial charge on any atom is 0.343 e. The summed E-state index contributed by atoms with van der Waals surface area (Å²) in [6.07, 6.45) is 1.72. The molecule has 3 aromatic carbocycles. The number of ether oxygens (including phenoxy) is 2. The fraction of sp³-hybridized carbons (Fsp3) is 0.0800. The zero-order chi connectivity index (χ0) is 23.2. The van der Waals surface area contributed by atoms with Gasteiger partial charge in [-0.3, -0.25) is 4.79 Å². The number of halogens is 1. The molecule has 1 heterocycles. The van der Waals surface area contributed by atoms with E-state index in [2.05, 4.69) is 10.3 Å². The number of amides is 1. The number of esters is 1. The molecule has 0 aromatic heterocycles. The number of hydrogen-bond donors (Lipinski definition) is 1. The highest BCUT2D eigenvalue weighted by molar-refractivity contribution is 8.18. The second kappa shape index (κ2) is 10.4. The van der Waals surface area contributed by atoms with Crippen molar-refractivity contribution in [3.8, 4) is 11.5 Å². The molecule has 4 rings (SSSR count). The Labute approximate surface area is 200 Å². The molecule has 1 N–H and O–H groups in total. The van der Waals surface area contributed by atoms with Crippen LogP contribution in [0.4, 0.5) is 5.69 Å². The Bertz CT molecular complexity index is 1260. The number of carbonyl (C=O) groups excluding carboxylic acids is 2. The first-order chi connectivity index (χ1) is 16.0. The van der Waals surface area contributed by atoms with Gasteiger partial charge < -0.3 is 14.8 Å². The average Bonchev–Trinajstić information content (AvgIpc) is 3.16. The van der Waals surface area contributed by atoms with E-state index in [1.807, 2.05) is 25.1 Å². The van der Waals surface area contributed by atoms with Crippen LogP contribution in [0.2, 0.25) is 5.02 Å². The van der Waals surface area contributed by atoms with E-state index < -0.39 is 5.97 Å². The largest absolute Gasteiger partial charge is 0.490 e. The quantitative estimate of drug-likeness (QED) is 0.273. The van der Waals surface area contributed by atoms with Gasteiger partial charge in [0.1, 0.15) is 0 Å². The van der Waals surface area contributed by atoms with Crippen molar-refractivity contribution >= 4 is 52.2 Å². The molecule has 33 heavy (non-hydrogen) atoms. The van der Waals surface area contributed by atoms with Crippen molar-refractivity contribution in [2.24, 2.45) is 4.99 Å². The SMILES string of the molecule is CCOc1cc(/C=C2/SC(=Nc3ccccc3Cl)NC2=O)ccc1OC(=O)c1ccccc1. The summed E-state index contributed by atoms with van der Waals surface area (Å²) in [7, 11) is 0. The van der Waals surface area contributed by atoms with Crippen LogP contribution in [0.1, 0.15) is 22.8 Å². The standard InChI is InChI=1S/C25H19ClN2O4S/c1-2-31-21-14-16(12-13-20(21)32-24(30)17-8-4-3-5-9-17)15-22-23(29)28-25(33-22)27-19-11-7-6-10-18(19)26/h3-15H,2H2,1H3,(H,27,28,29)/b22-15+. The summed E-state index contributed by atoms with van der Waals surface area (Å²) in [6.45, 7) is 2.23. The minimum Gasteiger partial charge on any atom is -0.490 e. The second-order valence-corrected chi connectivity index (χ2v) is 8.27. The lowest BCUT2D eigenvalue weighted by Crippen LogP contribution is -2.19. The molecule has 0 spiro atoms. The van der Waals surface area contributed by atoms with E-state index in [0.29, 0.717) is 44.5 Å². The normalized spacial score (nSPS) is 15.5. The van der Waals surface area contributed by atoms with Crippen molar-refractivity contribution in [1.82, 2.24) is 5.32 Å². The smallest absolute Gasteiger partial charge is 0.343 e. The van der Waals surface area contributed by atoms with Crippen LogP contribution in [0.3, 0.4) is 0 Å². The van der Waals surface area contributed by atoms with E-state index in [-0.39, 0.29) is 5.91 Å². The van der Waals surface area contributed by atoms with Gasteiger partial charge in [-0.2, -0.15) is 0 Å². The van der Waals surface area contributed by atoms with Crippen LogP contribution in [-0.4, -0.2) is 23.7 Å². The van der Waals surface area contributed by atoms with Gasteiger partial charge in [-0.1, -0.05) is 48.0 Å². The Morgan fingerprint density at radius 2 is 1.82 bits per heavy atom. The van der Waals surface area contributed by atoms with Crippen molar-refractivity contribution in [2.45, 2.75) is 6.92 Å². The molecular weight excluding hydrogens is 460 g/mol. The molecule has 0 unspecified atom stereocenters. The van der Waals surface area contributed by atoms with Crippen LogP contribution in [0, 0.1) is 0 Å². The minimum absolute atomic E-state index is 0.261. The highest BCUT2D eigenvalue weighted by Crippen LogP contribution is 2.33. The van der Waals surface area contributed by atoms with Crippen LogP contribution in [0.15, 0.2) is 82.7 Å². The summed E-state index contributed by atoms with van der Waals surface area (Å²) >= 11 is 7.36. The van der Waals surface area contributed by atoms with Gasteiger partial charge in [-0.25, -0.2) is 9.79 Å².